The van der Waals surface area contributed by atoms with Crippen LogP contribution in [0.25, 0.3) is 0 Å². The molecule has 0 amide bonds. The summed E-state index contributed by atoms with van der Waals surface area (Å²) in [5.41, 5.74) is 0.619. The van der Waals surface area contributed by atoms with Gasteiger partial charge in [-0.05, 0) is 6.07 Å². The van der Waals surface area contributed by atoms with E-state index in [4.69, 9.17) is 4.74 Å². The minimum atomic E-state index is -0.279. The number of esters is 1. The molecule has 0 radical (unpaired) electrons. The molecule has 2 heterocycles. The van der Waals surface area contributed by atoms with E-state index in [0.29, 0.717) is 5.56 Å². The van der Waals surface area contributed by atoms with Crippen LogP contribution in [0.5, 0.6) is 0 Å². The highest BCUT2D eigenvalue weighted by Crippen LogP contribution is 2.34. The van der Waals surface area contributed by atoms with Crippen LogP contribution in [0.3, 0.4) is 0 Å². The van der Waals surface area contributed by atoms with Crippen molar-refractivity contribution in [3.8, 4) is 0 Å². The van der Waals surface area contributed by atoms with Crippen LogP contribution in [0.2, 0.25) is 0 Å². The molecule has 2 rings (SSSR count). The molecule has 1 unspecified atom stereocenters. The third kappa shape index (κ3) is 1.35. The predicted octanol–water partition coefficient (Wildman–Crippen LogP) is 1.61. The molecule has 1 aromatic heterocycles. The Bertz CT molecular complexity index is 301. The molecule has 0 aliphatic carbocycles. The normalized spacial score (nSPS) is 20.6. The number of ether oxygens (including phenoxy) is 2. The fourth-order valence-corrected chi connectivity index (χ4v) is 1.87. The van der Waals surface area contributed by atoms with Gasteiger partial charge in [-0.15, -0.1) is 11.3 Å². The van der Waals surface area contributed by atoms with Gasteiger partial charge < -0.3 is 9.47 Å². The standard InChI is InChI=1S/C8H8O3S/c1-10-8(9)5-2-7(12-4-5)6-3-11-6/h2,4,6H,3H2,1H3. The first-order chi connectivity index (χ1) is 5.81. The van der Waals surface area contributed by atoms with E-state index >= 15 is 0 Å². The molecule has 4 heteroatoms. The summed E-state index contributed by atoms with van der Waals surface area (Å²) in [6.45, 7) is 0.779. The van der Waals surface area contributed by atoms with Gasteiger partial charge in [-0.25, -0.2) is 4.79 Å². The number of thiophene rings is 1. The molecule has 0 spiro atoms. The van der Waals surface area contributed by atoms with E-state index in [9.17, 15) is 4.79 Å². The van der Waals surface area contributed by atoms with Crippen molar-refractivity contribution in [1.82, 2.24) is 0 Å². The minimum Gasteiger partial charge on any atom is -0.465 e. The molecule has 3 nitrogen and oxygen atoms in total. The SMILES string of the molecule is COC(=O)c1csc(C2CO2)c1. The highest BCUT2D eigenvalue weighted by Gasteiger charge is 2.27. The van der Waals surface area contributed by atoms with Crippen molar-refractivity contribution in [1.29, 1.82) is 0 Å². The van der Waals surface area contributed by atoms with E-state index < -0.39 is 0 Å². The molecule has 1 fully saturated rings. The topological polar surface area (TPSA) is 38.8 Å². The number of carbonyl (C=O) groups excluding carboxylic acids is 1. The van der Waals surface area contributed by atoms with Crippen LogP contribution in [-0.2, 0) is 9.47 Å². The average molecular weight is 184 g/mol. The second-order valence-corrected chi connectivity index (χ2v) is 3.49. The number of methoxy groups -OCH3 is 1. The third-order valence-electron chi connectivity index (χ3n) is 1.69. The van der Waals surface area contributed by atoms with Gasteiger partial charge in [-0.1, -0.05) is 0 Å². The van der Waals surface area contributed by atoms with Crippen LogP contribution in [0.1, 0.15) is 21.3 Å². The third-order valence-corrected chi connectivity index (χ3v) is 2.72. The molecule has 1 aliphatic heterocycles. The molecule has 64 valence electrons. The van der Waals surface area contributed by atoms with E-state index in [2.05, 4.69) is 4.74 Å². The van der Waals surface area contributed by atoms with Crippen molar-refractivity contribution >= 4 is 17.3 Å². The predicted molar refractivity (Wildman–Crippen MR) is 44.4 cm³/mol. The Hall–Kier alpha value is -0.870. The Labute approximate surface area is 73.9 Å². The summed E-state index contributed by atoms with van der Waals surface area (Å²) in [5, 5.41) is 1.79. The van der Waals surface area contributed by atoms with Gasteiger partial charge in [0, 0.05) is 10.3 Å². The molecular formula is C8H8O3S. The summed E-state index contributed by atoms with van der Waals surface area (Å²) in [5.74, 6) is -0.279. The molecule has 1 saturated heterocycles. The average Bonchev–Trinajstić information content (AvgIpc) is 2.83. The van der Waals surface area contributed by atoms with Gasteiger partial charge in [0.1, 0.15) is 6.10 Å². The molecule has 1 atom stereocenters. The lowest BCUT2D eigenvalue weighted by Crippen LogP contribution is -1.98. The lowest BCUT2D eigenvalue weighted by molar-refractivity contribution is 0.0601. The zero-order valence-corrected chi connectivity index (χ0v) is 7.39. The van der Waals surface area contributed by atoms with E-state index in [1.807, 2.05) is 6.07 Å². The second-order valence-electron chi connectivity index (χ2n) is 2.55. The van der Waals surface area contributed by atoms with Gasteiger partial charge in [0.05, 0.1) is 19.3 Å². The maximum atomic E-state index is 11.0. The Morgan fingerprint density at radius 2 is 2.58 bits per heavy atom. The van der Waals surface area contributed by atoms with Crippen LogP contribution in [0.15, 0.2) is 11.4 Å². The van der Waals surface area contributed by atoms with Crippen LogP contribution in [-0.4, -0.2) is 19.7 Å². The maximum Gasteiger partial charge on any atom is 0.338 e. The summed E-state index contributed by atoms with van der Waals surface area (Å²) in [7, 11) is 1.38. The van der Waals surface area contributed by atoms with Crippen LogP contribution >= 0.6 is 11.3 Å². The molecular weight excluding hydrogens is 176 g/mol. The smallest absolute Gasteiger partial charge is 0.338 e. The quantitative estimate of drug-likeness (QED) is 0.517. The summed E-state index contributed by atoms with van der Waals surface area (Å²) in [6.07, 6.45) is 0.230. The molecule has 12 heavy (non-hydrogen) atoms. The van der Waals surface area contributed by atoms with Crippen molar-refractivity contribution in [2.75, 3.05) is 13.7 Å². The molecule has 0 bridgehead atoms. The fourth-order valence-electron chi connectivity index (χ4n) is 0.959. The van der Waals surface area contributed by atoms with Crippen molar-refractivity contribution < 1.29 is 14.3 Å². The Morgan fingerprint density at radius 3 is 3.17 bits per heavy atom. The van der Waals surface area contributed by atoms with Crippen molar-refractivity contribution in [2.24, 2.45) is 0 Å². The number of hydrogen-bond donors (Lipinski definition) is 0. The zero-order valence-electron chi connectivity index (χ0n) is 6.57. The van der Waals surface area contributed by atoms with E-state index in [1.54, 1.807) is 5.38 Å². The first-order valence-electron chi connectivity index (χ1n) is 3.59. The van der Waals surface area contributed by atoms with E-state index in [-0.39, 0.29) is 12.1 Å². The van der Waals surface area contributed by atoms with E-state index in [1.165, 1.54) is 18.4 Å². The fraction of sp³-hybridized carbons (Fsp3) is 0.375. The second kappa shape index (κ2) is 2.88. The lowest BCUT2D eigenvalue weighted by Gasteiger charge is -1.91. The first-order valence-corrected chi connectivity index (χ1v) is 4.47. The maximum absolute atomic E-state index is 11.0. The van der Waals surface area contributed by atoms with Gasteiger partial charge in [0.15, 0.2) is 0 Å². The highest BCUT2D eigenvalue weighted by atomic mass is 32.1. The largest absolute Gasteiger partial charge is 0.465 e. The lowest BCUT2D eigenvalue weighted by atomic mass is 10.3. The zero-order chi connectivity index (χ0) is 8.55. The van der Waals surface area contributed by atoms with Crippen LogP contribution in [0, 0.1) is 0 Å². The Kier molecular flexibility index (Phi) is 1.86. The molecule has 1 aliphatic rings. The van der Waals surface area contributed by atoms with Gasteiger partial charge in [0.2, 0.25) is 0 Å². The van der Waals surface area contributed by atoms with Crippen LogP contribution in [0.4, 0.5) is 0 Å². The molecule has 0 aromatic carbocycles. The Balaban J connectivity index is 2.17. The summed E-state index contributed by atoms with van der Waals surface area (Å²) >= 11 is 1.54. The molecule has 1 aromatic rings. The minimum absolute atomic E-state index is 0.230. The summed E-state index contributed by atoms with van der Waals surface area (Å²) in [6, 6.07) is 1.83. The van der Waals surface area contributed by atoms with Crippen molar-refractivity contribution in [3.63, 3.8) is 0 Å². The number of epoxide rings is 1. The van der Waals surface area contributed by atoms with Crippen molar-refractivity contribution in [2.45, 2.75) is 6.10 Å². The number of hydrogen-bond acceptors (Lipinski definition) is 4. The summed E-state index contributed by atoms with van der Waals surface area (Å²) < 4.78 is 9.66. The highest BCUT2D eigenvalue weighted by molar-refractivity contribution is 7.10. The van der Waals surface area contributed by atoms with Crippen molar-refractivity contribution in [3.05, 3.63) is 21.9 Å². The first kappa shape index (κ1) is 7.76. The monoisotopic (exact) mass is 184 g/mol. The van der Waals surface area contributed by atoms with Crippen LogP contribution < -0.4 is 0 Å². The van der Waals surface area contributed by atoms with Gasteiger partial charge in [-0.3, -0.25) is 0 Å². The molecule has 0 saturated carbocycles. The molecule has 0 N–H and O–H groups in total. The van der Waals surface area contributed by atoms with Gasteiger partial charge >= 0.3 is 5.97 Å². The van der Waals surface area contributed by atoms with E-state index in [0.717, 1.165) is 11.5 Å². The summed E-state index contributed by atoms with van der Waals surface area (Å²) in [4.78, 5) is 12.1. The van der Waals surface area contributed by atoms with Gasteiger partial charge in [0.25, 0.3) is 0 Å². The Morgan fingerprint density at radius 1 is 1.83 bits per heavy atom. The number of carbonyl (C=O) groups is 1. The number of rotatable bonds is 2. The van der Waals surface area contributed by atoms with Gasteiger partial charge in [-0.2, -0.15) is 0 Å².